The number of carboxylic acid groups (broad SMARTS) is 1. The predicted molar refractivity (Wildman–Crippen MR) is 106 cm³/mol. The second-order valence-electron chi connectivity index (χ2n) is 6.79. The van der Waals surface area contributed by atoms with Crippen LogP contribution in [0.3, 0.4) is 0 Å². The molecule has 9 heteroatoms. The van der Waals surface area contributed by atoms with Crippen LogP contribution >= 0.6 is 0 Å². The first-order valence-corrected chi connectivity index (χ1v) is 9.06. The van der Waals surface area contributed by atoms with Crippen molar-refractivity contribution in [3.63, 3.8) is 0 Å². The molecule has 4 rings (SSSR count). The molecule has 1 aliphatic heterocycles. The van der Waals surface area contributed by atoms with Crippen LogP contribution in [0.1, 0.15) is 16.8 Å². The molecule has 0 spiro atoms. The van der Waals surface area contributed by atoms with Gasteiger partial charge in [-0.25, -0.2) is 19.2 Å². The van der Waals surface area contributed by atoms with Gasteiger partial charge in [-0.15, -0.1) is 0 Å². The van der Waals surface area contributed by atoms with Crippen molar-refractivity contribution >= 4 is 34.5 Å². The largest absolute Gasteiger partial charge is 0.465 e. The minimum atomic E-state index is -1.15. The lowest BCUT2D eigenvalue weighted by Crippen LogP contribution is -2.31. The zero-order valence-corrected chi connectivity index (χ0v) is 15.3. The summed E-state index contributed by atoms with van der Waals surface area (Å²) in [6.45, 7) is 1.09. The van der Waals surface area contributed by atoms with Crippen LogP contribution < -0.4 is 10.6 Å². The Morgan fingerprint density at radius 3 is 2.72 bits per heavy atom. The molecule has 0 bridgehead atoms. The summed E-state index contributed by atoms with van der Waals surface area (Å²) < 4.78 is 13.3. The third kappa shape index (κ3) is 4.23. The van der Waals surface area contributed by atoms with E-state index < -0.39 is 6.09 Å². The number of amides is 2. The second kappa shape index (κ2) is 7.70. The highest BCUT2D eigenvalue weighted by molar-refractivity contribution is 5.95. The molecule has 2 aromatic carbocycles. The van der Waals surface area contributed by atoms with E-state index in [0.29, 0.717) is 41.2 Å². The normalized spacial score (nSPS) is 16.0. The molecule has 148 valence electrons. The van der Waals surface area contributed by atoms with Crippen molar-refractivity contribution in [2.24, 2.45) is 0 Å². The number of rotatable bonds is 4. The molecular formula is C20H18FN5O3. The number of benzene rings is 2. The van der Waals surface area contributed by atoms with E-state index in [1.54, 1.807) is 41.4 Å². The van der Waals surface area contributed by atoms with Crippen LogP contribution in [0.2, 0.25) is 0 Å². The van der Waals surface area contributed by atoms with E-state index in [4.69, 9.17) is 5.11 Å². The Labute approximate surface area is 165 Å². The van der Waals surface area contributed by atoms with Gasteiger partial charge in [-0.3, -0.25) is 10.1 Å². The van der Waals surface area contributed by atoms with Gasteiger partial charge in [-0.05, 0) is 48.9 Å². The molecule has 8 nitrogen and oxygen atoms in total. The maximum Gasteiger partial charge on any atom is 0.409 e. The molecule has 1 aliphatic rings. The fraction of sp³-hybridized carbons (Fsp3) is 0.200. The van der Waals surface area contributed by atoms with Crippen molar-refractivity contribution in [1.82, 2.24) is 14.9 Å². The van der Waals surface area contributed by atoms with Crippen LogP contribution in [-0.4, -0.2) is 51.1 Å². The van der Waals surface area contributed by atoms with Crippen molar-refractivity contribution < 1.29 is 19.1 Å². The van der Waals surface area contributed by atoms with Crippen molar-refractivity contribution in [3.8, 4) is 0 Å². The number of carbonyl (C=O) groups is 2. The van der Waals surface area contributed by atoms with E-state index in [2.05, 4.69) is 20.6 Å². The second-order valence-corrected chi connectivity index (χ2v) is 6.79. The number of carbonyl (C=O) groups excluding carboxylic acids is 1. The van der Waals surface area contributed by atoms with E-state index in [1.165, 1.54) is 12.1 Å². The van der Waals surface area contributed by atoms with Gasteiger partial charge in [0.25, 0.3) is 5.91 Å². The van der Waals surface area contributed by atoms with E-state index in [-0.39, 0.29) is 17.8 Å². The van der Waals surface area contributed by atoms with Gasteiger partial charge in [0.05, 0.1) is 5.52 Å². The Hall–Kier alpha value is -3.75. The molecule has 2 heterocycles. The lowest BCUT2D eigenvalue weighted by atomic mass is 10.2. The topological polar surface area (TPSA) is 107 Å². The molecule has 3 N–H and O–H groups in total. The minimum absolute atomic E-state index is 0.00444. The van der Waals surface area contributed by atoms with Gasteiger partial charge in [-0.1, -0.05) is 0 Å². The number of likely N-dealkylation sites (tertiary alicyclic amines) is 1. The molecular weight excluding hydrogens is 377 g/mol. The van der Waals surface area contributed by atoms with E-state index in [9.17, 15) is 14.0 Å². The first-order valence-electron chi connectivity index (χ1n) is 9.06. The summed E-state index contributed by atoms with van der Waals surface area (Å²) in [5, 5.41) is 14.8. The van der Waals surface area contributed by atoms with E-state index in [0.717, 1.165) is 6.42 Å². The number of nitrogens with zero attached hydrogens (tertiary/aromatic N) is 3. The van der Waals surface area contributed by atoms with Crippen LogP contribution in [0.4, 0.5) is 20.8 Å². The SMILES string of the molecule is O=C(O)Nc1ccc(C(=O)N2CC[C@H](Nc3ncc4cc(F)ccc4n3)C2)cc1. The van der Waals surface area contributed by atoms with Gasteiger partial charge in [-0.2, -0.15) is 0 Å². The molecule has 1 saturated heterocycles. The van der Waals surface area contributed by atoms with Gasteiger partial charge in [0.2, 0.25) is 5.95 Å². The fourth-order valence-electron chi connectivity index (χ4n) is 3.32. The maximum atomic E-state index is 13.3. The maximum absolute atomic E-state index is 13.3. The Bertz CT molecular complexity index is 1070. The van der Waals surface area contributed by atoms with Gasteiger partial charge in [0, 0.05) is 42.0 Å². The van der Waals surface area contributed by atoms with Gasteiger partial charge < -0.3 is 15.3 Å². The highest BCUT2D eigenvalue weighted by atomic mass is 19.1. The zero-order valence-electron chi connectivity index (χ0n) is 15.3. The third-order valence-corrected chi connectivity index (χ3v) is 4.73. The molecule has 0 saturated carbocycles. The lowest BCUT2D eigenvalue weighted by molar-refractivity contribution is 0.0791. The summed E-state index contributed by atoms with van der Waals surface area (Å²) in [4.78, 5) is 33.7. The number of hydrogen-bond acceptors (Lipinski definition) is 5. The summed E-state index contributed by atoms with van der Waals surface area (Å²) in [6.07, 6.45) is 1.16. The molecule has 1 fully saturated rings. The number of nitrogens with one attached hydrogen (secondary N) is 2. The fourth-order valence-corrected chi connectivity index (χ4v) is 3.32. The van der Waals surface area contributed by atoms with Crippen molar-refractivity contribution in [1.29, 1.82) is 0 Å². The Morgan fingerprint density at radius 1 is 1.17 bits per heavy atom. The average Bonchev–Trinajstić information content (AvgIpc) is 3.16. The Kier molecular flexibility index (Phi) is 4.94. The molecule has 0 unspecified atom stereocenters. The van der Waals surface area contributed by atoms with Crippen LogP contribution in [0, 0.1) is 5.82 Å². The first kappa shape index (κ1) is 18.6. The summed E-state index contributed by atoms with van der Waals surface area (Å²) >= 11 is 0. The molecule has 0 radical (unpaired) electrons. The predicted octanol–water partition coefficient (Wildman–Crippen LogP) is 3.19. The summed E-state index contributed by atoms with van der Waals surface area (Å²) in [5.74, 6) is -0.0166. The smallest absolute Gasteiger partial charge is 0.409 e. The molecule has 1 aromatic heterocycles. The third-order valence-electron chi connectivity index (χ3n) is 4.73. The molecule has 0 aliphatic carbocycles. The summed E-state index contributed by atoms with van der Waals surface area (Å²) in [5.41, 5.74) is 1.54. The zero-order chi connectivity index (χ0) is 20.4. The standard InChI is InChI=1S/C20H18FN5O3/c21-14-3-6-17-13(9-14)10-22-19(25-17)23-16-7-8-26(11-16)18(27)12-1-4-15(5-2-12)24-20(28)29/h1-6,9-10,16,24H,7-8,11H2,(H,28,29)(H,22,23,25)/t16-/m0/s1. The van der Waals surface area contributed by atoms with Crippen molar-refractivity contribution in [2.75, 3.05) is 23.7 Å². The summed E-state index contributed by atoms with van der Waals surface area (Å²) in [6, 6.07) is 10.6. The van der Waals surface area contributed by atoms with E-state index >= 15 is 0 Å². The van der Waals surface area contributed by atoms with Crippen molar-refractivity contribution in [2.45, 2.75) is 12.5 Å². The monoisotopic (exact) mass is 395 g/mol. The quantitative estimate of drug-likeness (QED) is 0.626. The summed E-state index contributed by atoms with van der Waals surface area (Å²) in [7, 11) is 0. The number of aromatic nitrogens is 2. The van der Waals surface area contributed by atoms with E-state index in [1.807, 2.05) is 0 Å². The highest BCUT2D eigenvalue weighted by Crippen LogP contribution is 2.19. The number of fused-ring (bicyclic) bond motifs is 1. The van der Waals surface area contributed by atoms with Crippen LogP contribution in [0.5, 0.6) is 0 Å². The van der Waals surface area contributed by atoms with Gasteiger partial charge >= 0.3 is 6.09 Å². The molecule has 1 atom stereocenters. The van der Waals surface area contributed by atoms with Crippen LogP contribution in [-0.2, 0) is 0 Å². The van der Waals surface area contributed by atoms with Gasteiger partial charge in [0.15, 0.2) is 0 Å². The lowest BCUT2D eigenvalue weighted by Gasteiger charge is -2.17. The average molecular weight is 395 g/mol. The van der Waals surface area contributed by atoms with Crippen LogP contribution in [0.15, 0.2) is 48.7 Å². The number of hydrogen-bond donors (Lipinski definition) is 3. The van der Waals surface area contributed by atoms with Crippen LogP contribution in [0.25, 0.3) is 10.9 Å². The Morgan fingerprint density at radius 2 is 1.97 bits per heavy atom. The molecule has 2 amide bonds. The van der Waals surface area contributed by atoms with Crippen molar-refractivity contribution in [3.05, 3.63) is 60.0 Å². The minimum Gasteiger partial charge on any atom is -0.465 e. The number of anilines is 2. The first-order chi connectivity index (χ1) is 14.0. The Balaban J connectivity index is 1.39. The molecule has 3 aromatic rings. The number of halogens is 1. The highest BCUT2D eigenvalue weighted by Gasteiger charge is 2.27. The molecule has 29 heavy (non-hydrogen) atoms. The van der Waals surface area contributed by atoms with Gasteiger partial charge in [0.1, 0.15) is 5.82 Å².